The van der Waals surface area contributed by atoms with Crippen molar-refractivity contribution in [2.45, 2.75) is 44.6 Å². The summed E-state index contributed by atoms with van der Waals surface area (Å²) in [6, 6.07) is 2.16. The summed E-state index contributed by atoms with van der Waals surface area (Å²) >= 11 is 0. The van der Waals surface area contributed by atoms with Crippen molar-refractivity contribution in [3.8, 4) is 6.07 Å². The molecule has 5 aliphatic rings. The first-order chi connectivity index (χ1) is 14.1. The number of carbonyl (C=O) groups excluding carboxylic acids is 1. The van der Waals surface area contributed by atoms with Crippen molar-refractivity contribution in [3.63, 3.8) is 0 Å². The maximum absolute atomic E-state index is 13.1. The lowest BCUT2D eigenvalue weighted by Gasteiger charge is -2.59. The molecule has 0 aromatic carbocycles. The number of imidazole rings is 1. The van der Waals surface area contributed by atoms with Gasteiger partial charge in [0.2, 0.25) is 5.91 Å². The molecule has 0 saturated heterocycles. The predicted molar refractivity (Wildman–Crippen MR) is 106 cm³/mol. The highest BCUT2D eigenvalue weighted by molar-refractivity contribution is 5.85. The van der Waals surface area contributed by atoms with E-state index in [4.69, 9.17) is 5.26 Å². The smallest absolute Gasteiger partial charge is 0.326 e. The molecule has 1 aliphatic heterocycles. The minimum absolute atomic E-state index is 0.0393. The molecule has 3 N–H and O–H groups in total. The third kappa shape index (κ3) is 2.27. The number of pyridine rings is 1. The van der Waals surface area contributed by atoms with Crippen LogP contribution in [0.3, 0.4) is 0 Å². The largest absolute Gasteiger partial charge is 0.369 e. The first kappa shape index (κ1) is 17.1. The summed E-state index contributed by atoms with van der Waals surface area (Å²) in [6.07, 6.45) is 7.35. The molecule has 8 nitrogen and oxygen atoms in total. The number of rotatable bonds is 3. The summed E-state index contributed by atoms with van der Waals surface area (Å²) in [4.78, 5) is 33.5. The van der Waals surface area contributed by atoms with Crippen LogP contribution in [0.2, 0.25) is 0 Å². The van der Waals surface area contributed by atoms with Crippen LogP contribution in [0.1, 0.15) is 43.7 Å². The van der Waals surface area contributed by atoms with Gasteiger partial charge in [-0.05, 0) is 56.3 Å². The van der Waals surface area contributed by atoms with Gasteiger partial charge in [-0.1, -0.05) is 0 Å². The van der Waals surface area contributed by atoms with Crippen LogP contribution in [0.15, 0.2) is 11.0 Å². The van der Waals surface area contributed by atoms with Gasteiger partial charge in [-0.15, -0.1) is 0 Å². The van der Waals surface area contributed by atoms with E-state index >= 15 is 0 Å². The average Bonchev–Trinajstić information content (AvgIpc) is 3.29. The second kappa shape index (κ2) is 5.85. The number of hydrogen-bond donors (Lipinski definition) is 3. The van der Waals surface area contributed by atoms with Gasteiger partial charge in [0.15, 0.2) is 0 Å². The van der Waals surface area contributed by atoms with E-state index in [-0.39, 0.29) is 29.6 Å². The van der Waals surface area contributed by atoms with Crippen LogP contribution in [-0.2, 0) is 11.2 Å². The number of aromatic nitrogens is 3. The number of H-pyrrole nitrogens is 1. The number of amides is 1. The van der Waals surface area contributed by atoms with Gasteiger partial charge in [0.1, 0.15) is 12.4 Å². The van der Waals surface area contributed by atoms with Gasteiger partial charge in [-0.25, -0.2) is 9.78 Å². The molecular formula is C21H24N6O2. The van der Waals surface area contributed by atoms with Crippen molar-refractivity contribution in [2.75, 3.05) is 18.4 Å². The van der Waals surface area contributed by atoms with Crippen LogP contribution < -0.4 is 16.3 Å². The molecule has 150 valence electrons. The summed E-state index contributed by atoms with van der Waals surface area (Å²) in [5, 5.41) is 15.0. The van der Waals surface area contributed by atoms with E-state index in [1.807, 2.05) is 10.6 Å². The molecule has 2 atom stereocenters. The Hall–Kier alpha value is -2.82. The van der Waals surface area contributed by atoms with Gasteiger partial charge < -0.3 is 15.6 Å². The number of aromatic amines is 1. The highest BCUT2D eigenvalue weighted by Gasteiger charge is 2.59. The van der Waals surface area contributed by atoms with Crippen LogP contribution in [0.5, 0.6) is 0 Å². The highest BCUT2D eigenvalue weighted by Crippen LogP contribution is 2.63. The van der Waals surface area contributed by atoms with Gasteiger partial charge in [0.25, 0.3) is 0 Å². The Bertz CT molecular complexity index is 1110. The Labute approximate surface area is 167 Å². The molecule has 2 unspecified atom stereocenters. The van der Waals surface area contributed by atoms with E-state index in [1.54, 1.807) is 6.20 Å². The number of nitrogens with zero attached hydrogens (tertiary/aromatic N) is 3. The Morgan fingerprint density at radius 2 is 2.14 bits per heavy atom. The molecule has 0 radical (unpaired) electrons. The van der Waals surface area contributed by atoms with Crippen LogP contribution in [0.25, 0.3) is 11.0 Å². The van der Waals surface area contributed by atoms with Crippen molar-refractivity contribution < 1.29 is 4.79 Å². The molecule has 7 rings (SSSR count). The fourth-order valence-corrected chi connectivity index (χ4v) is 7.17. The van der Waals surface area contributed by atoms with Gasteiger partial charge in [-0.2, -0.15) is 5.26 Å². The molecule has 0 spiro atoms. The van der Waals surface area contributed by atoms with E-state index in [9.17, 15) is 9.59 Å². The third-order valence-electron chi connectivity index (χ3n) is 7.85. The number of nitriles is 1. The van der Waals surface area contributed by atoms with Crippen molar-refractivity contribution in [1.82, 2.24) is 19.9 Å². The first-order valence-corrected chi connectivity index (χ1v) is 10.6. The van der Waals surface area contributed by atoms with Gasteiger partial charge >= 0.3 is 5.69 Å². The molecule has 8 heteroatoms. The highest BCUT2D eigenvalue weighted by atomic mass is 16.2. The van der Waals surface area contributed by atoms with E-state index < -0.39 is 0 Å². The summed E-state index contributed by atoms with van der Waals surface area (Å²) in [7, 11) is 0. The lowest BCUT2D eigenvalue weighted by molar-refractivity contribution is -0.151. The Morgan fingerprint density at radius 1 is 1.34 bits per heavy atom. The molecule has 1 amide bonds. The van der Waals surface area contributed by atoms with Gasteiger partial charge in [-0.3, -0.25) is 9.36 Å². The predicted octanol–water partition coefficient (Wildman–Crippen LogP) is 1.70. The van der Waals surface area contributed by atoms with E-state index in [2.05, 4.69) is 20.6 Å². The standard InChI is InChI=1S/C21H24N6O2/c22-2-4-24-19(28)21-7-11-5-12(8-21)16(13(6-11)9-21)27-17-14-1-3-23-18(14)25-10-15(17)26-20(27)29/h10-13,16H,1,3-9H2,(H,23,25)(H,24,28)(H,26,29). The van der Waals surface area contributed by atoms with Gasteiger partial charge in [0.05, 0.1) is 28.7 Å². The van der Waals surface area contributed by atoms with E-state index in [0.29, 0.717) is 17.8 Å². The number of nitrogens with one attached hydrogen (secondary N) is 3. The lowest BCUT2D eigenvalue weighted by atomic mass is 9.47. The van der Waals surface area contributed by atoms with Crippen molar-refractivity contribution in [3.05, 3.63) is 22.2 Å². The Balaban J connectivity index is 1.43. The van der Waals surface area contributed by atoms with Crippen molar-refractivity contribution >= 4 is 22.8 Å². The second-order valence-corrected chi connectivity index (χ2v) is 9.41. The first-order valence-electron chi connectivity index (χ1n) is 10.6. The third-order valence-corrected chi connectivity index (χ3v) is 7.85. The lowest BCUT2D eigenvalue weighted by Crippen LogP contribution is -2.57. The fraction of sp³-hybridized carbons (Fsp3) is 0.619. The molecule has 29 heavy (non-hydrogen) atoms. The average molecular weight is 392 g/mol. The molecular weight excluding hydrogens is 368 g/mol. The van der Waals surface area contributed by atoms with Crippen LogP contribution in [0, 0.1) is 34.5 Å². The van der Waals surface area contributed by atoms with Crippen LogP contribution in [0.4, 0.5) is 5.82 Å². The maximum atomic E-state index is 13.1. The summed E-state index contributed by atoms with van der Waals surface area (Å²) in [5.74, 6) is 2.12. The molecule has 3 heterocycles. The quantitative estimate of drug-likeness (QED) is 0.688. The zero-order valence-corrected chi connectivity index (χ0v) is 16.2. The molecule has 4 aliphatic carbocycles. The van der Waals surface area contributed by atoms with Crippen LogP contribution >= 0.6 is 0 Å². The maximum Gasteiger partial charge on any atom is 0.326 e. The normalized spacial score (nSPS) is 34.0. The molecule has 2 aromatic rings. The fourth-order valence-electron chi connectivity index (χ4n) is 7.17. The Morgan fingerprint density at radius 3 is 2.90 bits per heavy atom. The summed E-state index contributed by atoms with van der Waals surface area (Å²) in [5.41, 5.74) is 2.54. The molecule has 4 saturated carbocycles. The topological polar surface area (TPSA) is 116 Å². The van der Waals surface area contributed by atoms with Gasteiger partial charge in [0, 0.05) is 18.2 Å². The zero-order valence-electron chi connectivity index (χ0n) is 16.2. The molecule has 2 aromatic heterocycles. The number of fused-ring (bicyclic) bond motifs is 3. The van der Waals surface area contributed by atoms with E-state index in [1.165, 1.54) is 0 Å². The monoisotopic (exact) mass is 392 g/mol. The summed E-state index contributed by atoms with van der Waals surface area (Å²) in [6.45, 7) is 0.917. The van der Waals surface area contributed by atoms with Crippen molar-refractivity contribution in [2.24, 2.45) is 23.2 Å². The second-order valence-electron chi connectivity index (χ2n) is 9.41. The minimum atomic E-state index is -0.357. The SMILES string of the molecule is N#CCNC(=O)C12CC3CC(C1)C(n1c(=O)[nH]c4cnc5c(c41)CCN5)C(C3)C2. The van der Waals surface area contributed by atoms with E-state index in [0.717, 1.165) is 67.5 Å². The Kier molecular flexibility index (Phi) is 3.44. The number of anilines is 1. The van der Waals surface area contributed by atoms with Crippen LogP contribution in [-0.4, -0.2) is 33.5 Å². The number of carbonyl (C=O) groups is 1. The zero-order chi connectivity index (χ0) is 19.8. The molecule has 4 bridgehead atoms. The summed E-state index contributed by atoms with van der Waals surface area (Å²) < 4.78 is 2.01. The number of hydrogen-bond acceptors (Lipinski definition) is 5. The van der Waals surface area contributed by atoms with Crippen molar-refractivity contribution in [1.29, 1.82) is 5.26 Å². The minimum Gasteiger partial charge on any atom is -0.369 e. The molecule has 4 fully saturated rings.